The molecule has 3 heterocycles. The Morgan fingerprint density at radius 1 is 1.28 bits per heavy atom. The van der Waals surface area contributed by atoms with E-state index in [4.69, 9.17) is 0 Å². The maximum atomic E-state index is 4.39. The lowest BCUT2D eigenvalue weighted by atomic mass is 10.2. The van der Waals surface area contributed by atoms with Gasteiger partial charge < -0.3 is 15.2 Å². The average molecular weight is 362 g/mol. The first kappa shape index (κ1) is 17.8. The first-order chi connectivity index (χ1) is 12.3. The van der Waals surface area contributed by atoms with E-state index in [-0.39, 0.29) is 0 Å². The molecule has 0 saturated carbocycles. The van der Waals surface area contributed by atoms with Gasteiger partial charge in [-0.2, -0.15) is 0 Å². The molecule has 0 aliphatic carbocycles. The number of guanidine groups is 1. The van der Waals surface area contributed by atoms with Crippen molar-refractivity contribution in [3.8, 4) is 0 Å². The summed E-state index contributed by atoms with van der Waals surface area (Å²) in [6, 6.07) is 0. The number of thiazole rings is 1. The van der Waals surface area contributed by atoms with Gasteiger partial charge in [-0.25, -0.2) is 4.98 Å². The van der Waals surface area contributed by atoms with Crippen LogP contribution in [0.15, 0.2) is 11.2 Å². The Morgan fingerprint density at radius 3 is 3.00 bits per heavy atom. The summed E-state index contributed by atoms with van der Waals surface area (Å²) in [6.07, 6.45) is 8.70. The van der Waals surface area contributed by atoms with E-state index in [2.05, 4.69) is 42.3 Å². The molecule has 2 aromatic heterocycles. The van der Waals surface area contributed by atoms with Crippen LogP contribution in [0.1, 0.15) is 47.2 Å². The molecule has 0 bridgehead atoms. The van der Waals surface area contributed by atoms with Crippen LogP contribution in [0.4, 0.5) is 0 Å². The lowest BCUT2D eigenvalue weighted by molar-refractivity contribution is 0.594. The normalized spacial score (nSPS) is 14.9. The predicted octanol–water partition coefficient (Wildman–Crippen LogP) is 2.07. The highest BCUT2D eigenvalue weighted by Gasteiger charge is 2.14. The van der Waals surface area contributed by atoms with Crippen LogP contribution in [0.25, 0.3) is 0 Å². The number of aryl methyl sites for hydroxylation is 3. The number of nitrogens with zero attached hydrogens (tertiary/aromatic N) is 5. The summed E-state index contributed by atoms with van der Waals surface area (Å²) in [5, 5.41) is 16.5. The second-order valence-corrected chi connectivity index (χ2v) is 7.63. The highest BCUT2D eigenvalue weighted by molar-refractivity contribution is 7.11. The molecule has 2 aromatic rings. The fraction of sp³-hybridized carbons (Fsp3) is 0.647. The third-order valence-corrected chi connectivity index (χ3v) is 5.27. The van der Waals surface area contributed by atoms with Crippen molar-refractivity contribution in [3.05, 3.63) is 27.7 Å². The van der Waals surface area contributed by atoms with Gasteiger partial charge in [0.15, 0.2) is 5.96 Å². The summed E-state index contributed by atoms with van der Waals surface area (Å²) in [6.45, 7) is 4.70. The van der Waals surface area contributed by atoms with Crippen molar-refractivity contribution >= 4 is 17.3 Å². The number of hydrogen-bond acceptors (Lipinski definition) is 5. The standard InChI is InChI=1S/C17H27N7S/c1-13-11-20-16(25-13)12-21-17(18-2)19-9-6-8-15-23-22-14-7-4-3-5-10-24(14)15/h11H,3-10,12H2,1-2H3,(H2,18,19,21). The molecule has 0 atom stereocenters. The first-order valence-electron chi connectivity index (χ1n) is 9.03. The quantitative estimate of drug-likeness (QED) is 0.468. The van der Waals surface area contributed by atoms with Gasteiger partial charge in [-0.1, -0.05) is 6.42 Å². The van der Waals surface area contributed by atoms with Crippen molar-refractivity contribution in [2.75, 3.05) is 13.6 Å². The van der Waals surface area contributed by atoms with Gasteiger partial charge in [-0.15, -0.1) is 21.5 Å². The fourth-order valence-corrected chi connectivity index (χ4v) is 3.77. The van der Waals surface area contributed by atoms with Gasteiger partial charge in [0.1, 0.15) is 16.7 Å². The van der Waals surface area contributed by atoms with E-state index in [0.717, 1.165) is 55.0 Å². The highest BCUT2D eigenvalue weighted by atomic mass is 32.1. The van der Waals surface area contributed by atoms with E-state index in [1.807, 2.05) is 6.20 Å². The molecule has 0 amide bonds. The van der Waals surface area contributed by atoms with Gasteiger partial charge in [0, 0.05) is 44.1 Å². The van der Waals surface area contributed by atoms with E-state index < -0.39 is 0 Å². The fourth-order valence-electron chi connectivity index (χ4n) is 3.05. The third-order valence-electron chi connectivity index (χ3n) is 4.36. The van der Waals surface area contributed by atoms with Gasteiger partial charge in [-0.05, 0) is 26.2 Å². The van der Waals surface area contributed by atoms with Gasteiger partial charge in [0.25, 0.3) is 0 Å². The van der Waals surface area contributed by atoms with Gasteiger partial charge in [0.05, 0.1) is 6.54 Å². The molecule has 1 aliphatic rings. The first-order valence-corrected chi connectivity index (χ1v) is 9.84. The largest absolute Gasteiger partial charge is 0.356 e. The lowest BCUT2D eigenvalue weighted by Gasteiger charge is -2.11. The zero-order valence-electron chi connectivity index (χ0n) is 15.1. The number of aromatic nitrogens is 4. The maximum absolute atomic E-state index is 4.39. The molecule has 7 nitrogen and oxygen atoms in total. The van der Waals surface area contributed by atoms with E-state index in [1.54, 1.807) is 18.4 Å². The van der Waals surface area contributed by atoms with Crippen molar-refractivity contribution in [2.24, 2.45) is 4.99 Å². The molecule has 0 unspecified atom stereocenters. The molecule has 8 heteroatoms. The second kappa shape index (κ2) is 8.94. The zero-order chi connectivity index (χ0) is 17.5. The number of fused-ring (bicyclic) bond motifs is 1. The Morgan fingerprint density at radius 2 is 2.20 bits per heavy atom. The van der Waals surface area contributed by atoms with E-state index in [9.17, 15) is 0 Å². The Hall–Kier alpha value is -1.96. The van der Waals surface area contributed by atoms with Crippen molar-refractivity contribution in [2.45, 2.75) is 58.5 Å². The summed E-state index contributed by atoms with van der Waals surface area (Å²) >= 11 is 1.71. The second-order valence-electron chi connectivity index (χ2n) is 6.32. The van der Waals surface area contributed by atoms with Crippen molar-refractivity contribution in [1.29, 1.82) is 0 Å². The Bertz CT molecular complexity index is 704. The Kier molecular flexibility index (Phi) is 6.38. The van der Waals surface area contributed by atoms with Crippen LogP contribution in [0.3, 0.4) is 0 Å². The van der Waals surface area contributed by atoms with Gasteiger partial charge in [0.2, 0.25) is 0 Å². The summed E-state index contributed by atoms with van der Waals surface area (Å²) in [7, 11) is 1.79. The van der Waals surface area contributed by atoms with E-state index in [1.165, 1.54) is 24.1 Å². The SMILES string of the molecule is CN=C(NCCCc1nnc2n1CCCCC2)NCc1ncc(C)s1. The molecule has 136 valence electrons. The van der Waals surface area contributed by atoms with Crippen LogP contribution in [-0.2, 0) is 25.9 Å². The molecule has 25 heavy (non-hydrogen) atoms. The number of rotatable bonds is 6. The van der Waals surface area contributed by atoms with Crippen molar-refractivity contribution in [3.63, 3.8) is 0 Å². The van der Waals surface area contributed by atoms with Crippen LogP contribution >= 0.6 is 11.3 Å². The van der Waals surface area contributed by atoms with Crippen LogP contribution in [0, 0.1) is 6.92 Å². The lowest BCUT2D eigenvalue weighted by Crippen LogP contribution is -2.37. The molecular formula is C17H27N7S. The molecule has 1 aliphatic heterocycles. The Labute approximate surface area is 153 Å². The predicted molar refractivity (Wildman–Crippen MR) is 101 cm³/mol. The van der Waals surface area contributed by atoms with Crippen LogP contribution in [-0.4, -0.2) is 39.3 Å². The molecule has 0 saturated heterocycles. The average Bonchev–Trinajstić information content (AvgIpc) is 3.12. The molecular weight excluding hydrogens is 334 g/mol. The number of aliphatic imine (C=N–C) groups is 1. The minimum Gasteiger partial charge on any atom is -0.356 e. The molecule has 0 fully saturated rings. The van der Waals surface area contributed by atoms with Crippen LogP contribution in [0.5, 0.6) is 0 Å². The summed E-state index contributed by atoms with van der Waals surface area (Å²) in [5.74, 6) is 3.10. The van der Waals surface area contributed by atoms with Crippen molar-refractivity contribution < 1.29 is 0 Å². The molecule has 0 aromatic carbocycles. The summed E-state index contributed by atoms with van der Waals surface area (Å²) < 4.78 is 2.32. The maximum Gasteiger partial charge on any atom is 0.191 e. The number of nitrogens with one attached hydrogen (secondary N) is 2. The summed E-state index contributed by atoms with van der Waals surface area (Å²) in [5.41, 5.74) is 0. The monoisotopic (exact) mass is 361 g/mol. The smallest absolute Gasteiger partial charge is 0.191 e. The number of hydrogen-bond donors (Lipinski definition) is 2. The van der Waals surface area contributed by atoms with Crippen LogP contribution < -0.4 is 10.6 Å². The van der Waals surface area contributed by atoms with Crippen LogP contribution in [0.2, 0.25) is 0 Å². The molecule has 0 radical (unpaired) electrons. The molecule has 2 N–H and O–H groups in total. The summed E-state index contributed by atoms with van der Waals surface area (Å²) in [4.78, 5) is 9.85. The van der Waals surface area contributed by atoms with Gasteiger partial charge >= 0.3 is 0 Å². The minimum atomic E-state index is 0.704. The zero-order valence-corrected chi connectivity index (χ0v) is 15.9. The topological polar surface area (TPSA) is 80.0 Å². The molecule has 0 spiro atoms. The highest BCUT2D eigenvalue weighted by Crippen LogP contribution is 2.15. The van der Waals surface area contributed by atoms with Crippen molar-refractivity contribution in [1.82, 2.24) is 30.4 Å². The minimum absolute atomic E-state index is 0.704. The molecule has 3 rings (SSSR count). The van der Waals surface area contributed by atoms with E-state index in [0.29, 0.717) is 6.54 Å². The third kappa shape index (κ3) is 5.01. The van der Waals surface area contributed by atoms with Gasteiger partial charge in [-0.3, -0.25) is 4.99 Å². The van der Waals surface area contributed by atoms with E-state index >= 15 is 0 Å². The Balaban J connectivity index is 1.40.